The van der Waals surface area contributed by atoms with Gasteiger partial charge in [-0.2, -0.15) is 0 Å². The van der Waals surface area contributed by atoms with E-state index in [1.807, 2.05) is 33.3 Å². The van der Waals surface area contributed by atoms with Gasteiger partial charge in [0.2, 0.25) is 0 Å². The second-order valence-corrected chi connectivity index (χ2v) is 7.29. The van der Waals surface area contributed by atoms with E-state index in [2.05, 4.69) is 45.1 Å². The molecule has 0 aliphatic heterocycles. The summed E-state index contributed by atoms with van der Waals surface area (Å²) in [6, 6.07) is 12.0. The number of halogens is 1. The van der Waals surface area contributed by atoms with Crippen LogP contribution >= 0.6 is 27.3 Å². The van der Waals surface area contributed by atoms with Crippen molar-refractivity contribution in [3.63, 3.8) is 0 Å². The maximum Gasteiger partial charge on any atom is 0.264 e. The molecule has 0 fully saturated rings. The average Bonchev–Trinajstić information content (AvgIpc) is 2.85. The van der Waals surface area contributed by atoms with E-state index in [9.17, 15) is 4.79 Å². The van der Waals surface area contributed by atoms with Crippen molar-refractivity contribution < 1.29 is 4.79 Å². The molecule has 20 heavy (non-hydrogen) atoms. The third-order valence-corrected chi connectivity index (χ3v) is 4.61. The molecule has 0 aliphatic rings. The Labute approximate surface area is 132 Å². The number of hydrogen-bond acceptors (Lipinski definition) is 3. The molecule has 0 radical (unpaired) electrons. The normalized spacial score (nSPS) is 10.4. The summed E-state index contributed by atoms with van der Waals surface area (Å²) in [5.41, 5.74) is 2.28. The molecule has 1 aromatic heterocycles. The van der Waals surface area contributed by atoms with Gasteiger partial charge in [-0.25, -0.2) is 0 Å². The fraction of sp³-hybridized carbons (Fsp3) is 0.267. The number of amides is 1. The van der Waals surface area contributed by atoms with Crippen molar-refractivity contribution in [3.8, 4) is 0 Å². The molecule has 1 aromatic carbocycles. The van der Waals surface area contributed by atoms with Crippen LogP contribution in [-0.4, -0.2) is 32.0 Å². The van der Waals surface area contributed by atoms with E-state index in [0.717, 1.165) is 19.9 Å². The Morgan fingerprint density at radius 1 is 1.10 bits per heavy atom. The minimum absolute atomic E-state index is 0.0531. The molecule has 5 heteroatoms. The summed E-state index contributed by atoms with van der Waals surface area (Å²) in [4.78, 5) is 16.8. The van der Waals surface area contributed by atoms with E-state index in [-0.39, 0.29) is 5.91 Å². The van der Waals surface area contributed by atoms with E-state index >= 15 is 0 Å². The lowest BCUT2D eigenvalue weighted by molar-refractivity contribution is 0.0790. The number of carbonyl (C=O) groups excluding carboxylic acids is 1. The summed E-state index contributed by atoms with van der Waals surface area (Å²) in [6.45, 7) is 0.613. The molecule has 1 amide bonds. The number of thiophene rings is 1. The molecular weight excluding hydrogens is 336 g/mol. The first-order valence-corrected chi connectivity index (χ1v) is 7.85. The Balaban J connectivity index is 2.03. The number of carbonyl (C=O) groups is 1. The van der Waals surface area contributed by atoms with Crippen molar-refractivity contribution in [1.82, 2.24) is 4.90 Å². The highest BCUT2D eigenvalue weighted by atomic mass is 79.9. The van der Waals surface area contributed by atoms with Crippen LogP contribution in [0.4, 0.5) is 5.69 Å². The van der Waals surface area contributed by atoms with Gasteiger partial charge in [-0.05, 0) is 45.8 Å². The highest BCUT2D eigenvalue weighted by Gasteiger charge is 2.14. The predicted octanol–water partition coefficient (Wildman–Crippen LogP) is 3.85. The van der Waals surface area contributed by atoms with E-state index in [1.54, 1.807) is 4.90 Å². The third-order valence-electron chi connectivity index (χ3n) is 3.00. The maximum absolute atomic E-state index is 12.2. The van der Waals surface area contributed by atoms with Crippen LogP contribution < -0.4 is 4.90 Å². The Hall–Kier alpha value is -1.33. The first kappa shape index (κ1) is 15.1. The number of nitrogens with zero attached hydrogens (tertiary/aromatic N) is 2. The maximum atomic E-state index is 12.2. The van der Waals surface area contributed by atoms with Gasteiger partial charge in [-0.3, -0.25) is 4.79 Å². The molecule has 0 N–H and O–H groups in total. The van der Waals surface area contributed by atoms with Crippen LogP contribution in [0.3, 0.4) is 0 Å². The van der Waals surface area contributed by atoms with Gasteiger partial charge in [0.05, 0.1) is 8.66 Å². The quantitative estimate of drug-likeness (QED) is 0.834. The van der Waals surface area contributed by atoms with Crippen LogP contribution in [0.5, 0.6) is 0 Å². The van der Waals surface area contributed by atoms with Crippen LogP contribution in [0.1, 0.15) is 15.2 Å². The molecule has 0 atom stereocenters. The summed E-state index contributed by atoms with van der Waals surface area (Å²) in [5, 5.41) is 0. The second kappa shape index (κ2) is 6.41. The fourth-order valence-electron chi connectivity index (χ4n) is 1.86. The largest absolute Gasteiger partial charge is 0.378 e. The lowest BCUT2D eigenvalue weighted by Crippen LogP contribution is -2.25. The van der Waals surface area contributed by atoms with Gasteiger partial charge >= 0.3 is 0 Å². The van der Waals surface area contributed by atoms with E-state index in [0.29, 0.717) is 6.54 Å². The van der Waals surface area contributed by atoms with Crippen molar-refractivity contribution in [3.05, 3.63) is 50.6 Å². The van der Waals surface area contributed by atoms with Gasteiger partial charge in [-0.1, -0.05) is 12.1 Å². The molecule has 2 aromatic rings. The van der Waals surface area contributed by atoms with Crippen molar-refractivity contribution in [1.29, 1.82) is 0 Å². The zero-order chi connectivity index (χ0) is 14.7. The number of benzene rings is 1. The van der Waals surface area contributed by atoms with Crippen molar-refractivity contribution >= 4 is 38.9 Å². The molecule has 0 unspecified atom stereocenters. The molecule has 106 valence electrons. The number of anilines is 1. The molecule has 2 rings (SSSR count). The topological polar surface area (TPSA) is 23.6 Å². The summed E-state index contributed by atoms with van der Waals surface area (Å²) < 4.78 is 0.976. The summed E-state index contributed by atoms with van der Waals surface area (Å²) in [6.07, 6.45) is 0. The van der Waals surface area contributed by atoms with Crippen LogP contribution in [0.15, 0.2) is 40.2 Å². The monoisotopic (exact) mass is 352 g/mol. The molecule has 0 aliphatic carbocycles. The Morgan fingerprint density at radius 2 is 1.75 bits per heavy atom. The third kappa shape index (κ3) is 3.61. The van der Waals surface area contributed by atoms with Crippen LogP contribution in [-0.2, 0) is 6.54 Å². The summed E-state index contributed by atoms with van der Waals surface area (Å²) >= 11 is 4.84. The predicted molar refractivity (Wildman–Crippen MR) is 88.6 cm³/mol. The molecule has 3 nitrogen and oxygen atoms in total. The van der Waals surface area contributed by atoms with Gasteiger partial charge < -0.3 is 9.80 Å². The SMILES string of the molecule is CN(Cc1ccc(N(C)C)cc1)C(=O)c1ccc(Br)s1. The molecule has 1 heterocycles. The minimum atomic E-state index is 0.0531. The standard InChI is InChI=1S/C15H17BrN2OS/c1-17(2)12-6-4-11(5-7-12)10-18(3)15(19)13-8-9-14(16)20-13/h4-9H,10H2,1-3H3. The van der Waals surface area contributed by atoms with Crippen LogP contribution in [0, 0.1) is 0 Å². The van der Waals surface area contributed by atoms with Crippen molar-refractivity contribution in [2.75, 3.05) is 26.0 Å². The molecular formula is C15H17BrN2OS. The van der Waals surface area contributed by atoms with Gasteiger partial charge in [0.15, 0.2) is 0 Å². The fourth-order valence-corrected chi connectivity index (χ4v) is 3.24. The zero-order valence-corrected chi connectivity index (χ0v) is 14.2. The first-order valence-electron chi connectivity index (χ1n) is 6.24. The highest BCUT2D eigenvalue weighted by Crippen LogP contribution is 2.23. The Kier molecular flexibility index (Phi) is 4.83. The number of rotatable bonds is 4. The van der Waals surface area contributed by atoms with Crippen LogP contribution in [0.25, 0.3) is 0 Å². The second-order valence-electron chi connectivity index (χ2n) is 4.83. The summed E-state index contributed by atoms with van der Waals surface area (Å²) in [7, 11) is 5.86. The van der Waals surface area contributed by atoms with Gasteiger partial charge in [0, 0.05) is 33.4 Å². The number of hydrogen-bond donors (Lipinski definition) is 0. The van der Waals surface area contributed by atoms with Gasteiger partial charge in [-0.15, -0.1) is 11.3 Å². The highest BCUT2D eigenvalue weighted by molar-refractivity contribution is 9.11. The smallest absolute Gasteiger partial charge is 0.264 e. The van der Waals surface area contributed by atoms with Crippen molar-refractivity contribution in [2.24, 2.45) is 0 Å². The Morgan fingerprint density at radius 3 is 2.25 bits per heavy atom. The van der Waals surface area contributed by atoms with Gasteiger partial charge in [0.25, 0.3) is 5.91 Å². The van der Waals surface area contributed by atoms with E-state index in [4.69, 9.17) is 0 Å². The van der Waals surface area contributed by atoms with Gasteiger partial charge in [0.1, 0.15) is 0 Å². The minimum Gasteiger partial charge on any atom is -0.378 e. The average molecular weight is 353 g/mol. The summed E-state index contributed by atoms with van der Waals surface area (Å²) in [5.74, 6) is 0.0531. The first-order chi connectivity index (χ1) is 9.47. The van der Waals surface area contributed by atoms with E-state index in [1.165, 1.54) is 11.3 Å². The lowest BCUT2D eigenvalue weighted by Gasteiger charge is -2.17. The van der Waals surface area contributed by atoms with E-state index < -0.39 is 0 Å². The van der Waals surface area contributed by atoms with Crippen LogP contribution in [0.2, 0.25) is 0 Å². The van der Waals surface area contributed by atoms with Crippen molar-refractivity contribution in [2.45, 2.75) is 6.54 Å². The zero-order valence-electron chi connectivity index (χ0n) is 11.8. The molecule has 0 saturated heterocycles. The molecule has 0 bridgehead atoms. The lowest BCUT2D eigenvalue weighted by atomic mass is 10.2. The molecule has 0 spiro atoms. The molecule has 0 saturated carbocycles. The Bertz CT molecular complexity index is 592.